The molecule has 0 aliphatic heterocycles. The Hall–Kier alpha value is -4.75. The summed E-state index contributed by atoms with van der Waals surface area (Å²) in [5.74, 6) is -5.60. The van der Waals surface area contributed by atoms with Crippen LogP contribution in [-0.4, -0.2) is 49.9 Å². The van der Waals surface area contributed by atoms with Crippen molar-refractivity contribution in [3.8, 4) is 5.75 Å². The minimum Gasteiger partial charge on any atom is -0.508 e. The van der Waals surface area contributed by atoms with E-state index < -0.39 is 46.3 Å². The summed E-state index contributed by atoms with van der Waals surface area (Å²) in [4.78, 5) is 59.9. The third-order valence-electron chi connectivity index (χ3n) is 4.91. The molecule has 0 fully saturated rings. The van der Waals surface area contributed by atoms with Crippen LogP contribution in [0.3, 0.4) is 0 Å². The fourth-order valence-electron chi connectivity index (χ4n) is 3.01. The molecule has 37 heavy (non-hydrogen) atoms. The molecule has 0 unspecified atom stereocenters. The normalized spacial score (nSPS) is 11.4. The largest absolute Gasteiger partial charge is 0.508 e. The molecule has 1 aromatic heterocycles. The van der Waals surface area contributed by atoms with E-state index in [1.54, 1.807) is 12.1 Å². The van der Waals surface area contributed by atoms with Crippen LogP contribution in [0.2, 0.25) is 5.02 Å². The second kappa shape index (κ2) is 11.3. The number of hydrogen-bond acceptors (Lipinski definition) is 9. The molecule has 3 amide bonds. The smallest absolute Gasteiger partial charge is 0.433 e. The lowest BCUT2D eigenvalue weighted by Crippen LogP contribution is -2.53. The molecule has 0 saturated carbocycles. The number of aromatic hydroxyl groups is 1. The Morgan fingerprint density at radius 1 is 1.11 bits per heavy atom. The first-order chi connectivity index (χ1) is 17.5. The summed E-state index contributed by atoms with van der Waals surface area (Å²) in [6, 6.07) is 10.3. The molecule has 0 radical (unpaired) electrons. The average molecular weight is 531 g/mol. The molecule has 1 heterocycles. The van der Waals surface area contributed by atoms with Gasteiger partial charge in [-0.2, -0.15) is 0 Å². The maximum absolute atomic E-state index is 13.2. The summed E-state index contributed by atoms with van der Waals surface area (Å²) in [6.45, 7) is 1.25. The molecule has 0 bridgehead atoms. The van der Waals surface area contributed by atoms with Gasteiger partial charge in [0.1, 0.15) is 16.7 Å². The number of nitrogens with zero attached hydrogens (tertiary/aromatic N) is 2. The number of carboxylic acid groups (broad SMARTS) is 1. The fourth-order valence-corrected chi connectivity index (χ4v) is 3.27. The predicted octanol–water partition coefficient (Wildman–Crippen LogP) is 2.74. The summed E-state index contributed by atoms with van der Waals surface area (Å²) in [6.07, 6.45) is 0. The van der Waals surface area contributed by atoms with Crippen LogP contribution in [0.5, 0.6) is 5.75 Å². The van der Waals surface area contributed by atoms with Crippen molar-refractivity contribution in [1.82, 2.24) is 15.8 Å². The van der Waals surface area contributed by atoms with Gasteiger partial charge in [0.15, 0.2) is 0 Å². The molecule has 0 saturated heterocycles. The van der Waals surface area contributed by atoms with Gasteiger partial charge in [-0.1, -0.05) is 23.7 Å². The molecule has 0 spiro atoms. The number of benzene rings is 2. The summed E-state index contributed by atoms with van der Waals surface area (Å²) >= 11 is 6.22. The lowest BCUT2D eigenvalue weighted by Gasteiger charge is -2.23. The average Bonchev–Trinajstić information content (AvgIpc) is 3.35. The van der Waals surface area contributed by atoms with Gasteiger partial charge in [0.05, 0.1) is 16.7 Å². The lowest BCUT2D eigenvalue weighted by molar-refractivity contribution is -0.402. The van der Waals surface area contributed by atoms with Gasteiger partial charge in [-0.05, 0) is 48.9 Å². The van der Waals surface area contributed by atoms with Crippen molar-refractivity contribution < 1.29 is 38.7 Å². The van der Waals surface area contributed by atoms with E-state index in [0.29, 0.717) is 10.6 Å². The van der Waals surface area contributed by atoms with Gasteiger partial charge in [-0.25, -0.2) is 10.4 Å². The van der Waals surface area contributed by atoms with Crippen LogP contribution >= 0.6 is 11.6 Å². The van der Waals surface area contributed by atoms with Gasteiger partial charge in [0.25, 0.3) is 11.8 Å². The van der Waals surface area contributed by atoms with Crippen LogP contribution in [0.15, 0.2) is 59.0 Å². The topological polar surface area (TPSA) is 192 Å². The molecule has 4 N–H and O–H groups in total. The number of halogens is 1. The highest BCUT2D eigenvalue weighted by Gasteiger charge is 2.32. The SMILES string of the molecule is C[C@H](NN(C(=O)c1ccc([N+](=O)[O-])o1)C(=O)c1ccc(C(=O)NCc2cccc(O)c2)cc1Cl)C(=O)O. The summed E-state index contributed by atoms with van der Waals surface area (Å²) in [7, 11) is 0. The first-order valence-corrected chi connectivity index (χ1v) is 10.8. The van der Waals surface area contributed by atoms with Crippen molar-refractivity contribution in [2.45, 2.75) is 19.5 Å². The number of phenolic OH excluding ortho intramolecular Hbond substituents is 1. The van der Waals surface area contributed by atoms with Crippen molar-refractivity contribution in [3.05, 3.63) is 92.2 Å². The van der Waals surface area contributed by atoms with Gasteiger partial charge in [0.2, 0.25) is 5.76 Å². The molecule has 14 heteroatoms. The van der Waals surface area contributed by atoms with Crippen molar-refractivity contribution in [1.29, 1.82) is 0 Å². The number of carboxylic acids is 1. The van der Waals surface area contributed by atoms with Crippen molar-refractivity contribution in [3.63, 3.8) is 0 Å². The Balaban J connectivity index is 1.83. The fraction of sp³-hybridized carbons (Fsp3) is 0.130. The van der Waals surface area contributed by atoms with Crippen LogP contribution in [0.4, 0.5) is 5.88 Å². The molecule has 0 aliphatic rings. The molecule has 13 nitrogen and oxygen atoms in total. The van der Waals surface area contributed by atoms with Crippen LogP contribution < -0.4 is 10.7 Å². The van der Waals surface area contributed by atoms with Crippen LogP contribution in [0, 0.1) is 10.1 Å². The molecular formula is C23H19ClN4O9. The number of furan rings is 1. The Morgan fingerprint density at radius 3 is 2.43 bits per heavy atom. The van der Waals surface area contributed by atoms with E-state index in [2.05, 4.69) is 10.7 Å². The maximum atomic E-state index is 13.2. The highest BCUT2D eigenvalue weighted by molar-refractivity contribution is 6.34. The van der Waals surface area contributed by atoms with Gasteiger partial charge in [0, 0.05) is 12.1 Å². The minimum atomic E-state index is -1.43. The number of amides is 3. The summed E-state index contributed by atoms with van der Waals surface area (Å²) in [5.41, 5.74) is 2.65. The second-order valence-electron chi connectivity index (χ2n) is 7.58. The molecule has 3 aromatic rings. The molecule has 1 atom stereocenters. The first-order valence-electron chi connectivity index (χ1n) is 10.5. The Bertz CT molecular complexity index is 1390. The number of hydrazine groups is 1. The monoisotopic (exact) mass is 530 g/mol. The predicted molar refractivity (Wildman–Crippen MR) is 127 cm³/mol. The van der Waals surface area contributed by atoms with E-state index in [9.17, 15) is 39.5 Å². The number of rotatable bonds is 9. The van der Waals surface area contributed by atoms with E-state index in [1.807, 2.05) is 0 Å². The van der Waals surface area contributed by atoms with Crippen molar-refractivity contribution in [2.75, 3.05) is 0 Å². The molecular weight excluding hydrogens is 512 g/mol. The summed E-state index contributed by atoms with van der Waals surface area (Å²) in [5, 5.41) is 32.3. The van der Waals surface area contributed by atoms with E-state index in [1.165, 1.54) is 24.3 Å². The van der Waals surface area contributed by atoms with E-state index in [-0.39, 0.29) is 28.4 Å². The van der Waals surface area contributed by atoms with Crippen LogP contribution in [-0.2, 0) is 11.3 Å². The number of imide groups is 1. The Labute approximate surface area is 213 Å². The third kappa shape index (κ3) is 6.48. The molecule has 192 valence electrons. The zero-order valence-electron chi connectivity index (χ0n) is 19.0. The summed E-state index contributed by atoms with van der Waals surface area (Å²) < 4.78 is 4.84. The quantitative estimate of drug-likeness (QED) is 0.181. The van der Waals surface area contributed by atoms with Gasteiger partial charge >= 0.3 is 17.8 Å². The highest BCUT2D eigenvalue weighted by atomic mass is 35.5. The molecule has 3 rings (SSSR count). The number of nitro groups is 1. The molecule has 0 aliphatic carbocycles. The third-order valence-corrected chi connectivity index (χ3v) is 5.22. The first kappa shape index (κ1) is 26.8. The van der Waals surface area contributed by atoms with E-state index in [4.69, 9.17) is 16.0 Å². The Morgan fingerprint density at radius 2 is 1.84 bits per heavy atom. The van der Waals surface area contributed by atoms with E-state index in [0.717, 1.165) is 25.1 Å². The lowest BCUT2D eigenvalue weighted by atomic mass is 10.1. The minimum absolute atomic E-state index is 0.0340. The second-order valence-corrected chi connectivity index (χ2v) is 7.98. The zero-order chi connectivity index (χ0) is 27.3. The number of nitrogens with one attached hydrogen (secondary N) is 2. The van der Waals surface area contributed by atoms with Gasteiger partial charge in [-0.15, -0.1) is 0 Å². The van der Waals surface area contributed by atoms with E-state index >= 15 is 0 Å². The number of carbonyl (C=O) groups excluding carboxylic acids is 3. The zero-order valence-corrected chi connectivity index (χ0v) is 19.8. The van der Waals surface area contributed by atoms with Crippen LogP contribution in [0.25, 0.3) is 0 Å². The number of carbonyl (C=O) groups is 4. The number of aliphatic carboxylic acids is 1. The van der Waals surface area contributed by atoms with Crippen molar-refractivity contribution in [2.24, 2.45) is 0 Å². The standard InChI is InChI=1S/C23H19ClN4O9/c1-12(23(33)34)26-27(22(32)18-7-8-19(37-18)28(35)36)21(31)16-6-5-14(10-17(16)24)20(30)25-11-13-3-2-4-15(29)9-13/h2-10,12,26,29H,11H2,1H3,(H,25,30)(H,33,34)/t12-/m0/s1. The highest BCUT2D eigenvalue weighted by Crippen LogP contribution is 2.22. The van der Waals surface area contributed by atoms with Crippen molar-refractivity contribution >= 4 is 41.2 Å². The number of hydrogen-bond donors (Lipinski definition) is 4. The number of phenols is 1. The van der Waals surface area contributed by atoms with Crippen LogP contribution in [0.1, 0.15) is 43.8 Å². The Kier molecular flexibility index (Phi) is 8.22. The van der Waals surface area contributed by atoms with Gasteiger partial charge in [-0.3, -0.25) is 29.3 Å². The van der Waals surface area contributed by atoms with Gasteiger partial charge < -0.3 is 19.9 Å². The maximum Gasteiger partial charge on any atom is 0.433 e. The molecule has 2 aromatic carbocycles.